The SMILES string of the molecule is [CH2]c1ccc(N(C(C)C)C(C)C)cc1. The Balaban J connectivity index is 2.94. The lowest BCUT2D eigenvalue weighted by Crippen LogP contribution is -2.36. The van der Waals surface area contributed by atoms with Crippen molar-refractivity contribution in [3.05, 3.63) is 36.8 Å². The molecule has 14 heavy (non-hydrogen) atoms. The van der Waals surface area contributed by atoms with Crippen molar-refractivity contribution in [2.24, 2.45) is 0 Å². The monoisotopic (exact) mass is 190 g/mol. The first-order valence-corrected chi connectivity index (χ1v) is 5.22. The summed E-state index contributed by atoms with van der Waals surface area (Å²) in [5.74, 6) is 0. The van der Waals surface area contributed by atoms with Crippen molar-refractivity contribution in [2.75, 3.05) is 4.90 Å². The summed E-state index contributed by atoms with van der Waals surface area (Å²) in [5, 5.41) is 0. The van der Waals surface area contributed by atoms with Crippen LogP contribution >= 0.6 is 0 Å². The van der Waals surface area contributed by atoms with Crippen molar-refractivity contribution in [1.82, 2.24) is 0 Å². The standard InChI is InChI=1S/C13H20N/c1-10(2)14(11(3)4)13-8-6-12(5)7-9-13/h6-11H,5H2,1-4H3. The Bertz CT molecular complexity index is 264. The van der Waals surface area contributed by atoms with Crippen LogP contribution in [0.25, 0.3) is 0 Å². The molecule has 0 aliphatic heterocycles. The molecule has 0 spiro atoms. The summed E-state index contributed by atoms with van der Waals surface area (Å²) in [6, 6.07) is 9.47. The zero-order valence-electron chi connectivity index (χ0n) is 9.62. The zero-order chi connectivity index (χ0) is 10.7. The number of rotatable bonds is 3. The Morgan fingerprint density at radius 2 is 1.36 bits per heavy atom. The van der Waals surface area contributed by atoms with Gasteiger partial charge in [-0.15, -0.1) is 0 Å². The Hall–Kier alpha value is -0.980. The number of anilines is 1. The van der Waals surface area contributed by atoms with Crippen LogP contribution in [0.3, 0.4) is 0 Å². The molecule has 0 saturated heterocycles. The maximum Gasteiger partial charge on any atom is 0.0371 e. The summed E-state index contributed by atoms with van der Waals surface area (Å²) in [7, 11) is 0. The molecule has 0 atom stereocenters. The molecule has 0 saturated carbocycles. The zero-order valence-corrected chi connectivity index (χ0v) is 9.62. The topological polar surface area (TPSA) is 3.24 Å². The van der Waals surface area contributed by atoms with Crippen LogP contribution in [0, 0.1) is 6.92 Å². The van der Waals surface area contributed by atoms with E-state index in [0.29, 0.717) is 12.1 Å². The molecule has 1 rings (SSSR count). The van der Waals surface area contributed by atoms with E-state index in [0.717, 1.165) is 5.56 Å². The Labute approximate surface area is 87.7 Å². The average Bonchev–Trinajstić information content (AvgIpc) is 2.07. The van der Waals surface area contributed by atoms with E-state index >= 15 is 0 Å². The van der Waals surface area contributed by atoms with Gasteiger partial charge < -0.3 is 4.90 Å². The van der Waals surface area contributed by atoms with Gasteiger partial charge in [0.05, 0.1) is 0 Å². The quantitative estimate of drug-likeness (QED) is 0.705. The lowest BCUT2D eigenvalue weighted by Gasteiger charge is -2.33. The van der Waals surface area contributed by atoms with E-state index in [1.165, 1.54) is 5.69 Å². The minimum atomic E-state index is 0.533. The van der Waals surface area contributed by atoms with Crippen molar-refractivity contribution >= 4 is 5.69 Å². The van der Waals surface area contributed by atoms with E-state index in [2.05, 4.69) is 63.8 Å². The lowest BCUT2D eigenvalue weighted by molar-refractivity contribution is 0.608. The summed E-state index contributed by atoms with van der Waals surface area (Å²) in [6.07, 6.45) is 0. The highest BCUT2D eigenvalue weighted by atomic mass is 15.2. The van der Waals surface area contributed by atoms with Crippen molar-refractivity contribution in [3.63, 3.8) is 0 Å². The van der Waals surface area contributed by atoms with E-state index in [1.54, 1.807) is 0 Å². The maximum absolute atomic E-state index is 3.89. The molecule has 0 fully saturated rings. The predicted molar refractivity (Wildman–Crippen MR) is 63.7 cm³/mol. The predicted octanol–water partition coefficient (Wildman–Crippen LogP) is 3.49. The lowest BCUT2D eigenvalue weighted by atomic mass is 10.1. The Kier molecular flexibility index (Phi) is 3.56. The molecule has 0 aromatic heterocycles. The van der Waals surface area contributed by atoms with Crippen molar-refractivity contribution < 1.29 is 0 Å². The summed E-state index contributed by atoms with van der Waals surface area (Å²) in [5.41, 5.74) is 2.35. The highest BCUT2D eigenvalue weighted by Gasteiger charge is 2.13. The van der Waals surface area contributed by atoms with Gasteiger partial charge in [0, 0.05) is 17.8 Å². The van der Waals surface area contributed by atoms with Gasteiger partial charge in [-0.05, 0) is 52.3 Å². The van der Waals surface area contributed by atoms with E-state index in [1.807, 2.05) is 0 Å². The molecule has 0 unspecified atom stereocenters. The van der Waals surface area contributed by atoms with Gasteiger partial charge in [-0.1, -0.05) is 12.1 Å². The van der Waals surface area contributed by atoms with E-state index in [4.69, 9.17) is 0 Å². The second-order valence-electron chi connectivity index (χ2n) is 4.26. The fourth-order valence-corrected chi connectivity index (χ4v) is 1.86. The van der Waals surface area contributed by atoms with Crippen molar-refractivity contribution in [1.29, 1.82) is 0 Å². The molecule has 1 aromatic rings. The first-order valence-electron chi connectivity index (χ1n) is 5.22. The highest BCUT2D eigenvalue weighted by Crippen LogP contribution is 2.20. The van der Waals surface area contributed by atoms with Crippen LogP contribution in [-0.2, 0) is 0 Å². The fourth-order valence-electron chi connectivity index (χ4n) is 1.86. The third kappa shape index (κ3) is 2.50. The van der Waals surface area contributed by atoms with Gasteiger partial charge in [0.1, 0.15) is 0 Å². The van der Waals surface area contributed by atoms with Gasteiger partial charge in [-0.3, -0.25) is 0 Å². The van der Waals surface area contributed by atoms with Crippen LogP contribution in [-0.4, -0.2) is 12.1 Å². The van der Waals surface area contributed by atoms with Crippen LogP contribution in [0.5, 0.6) is 0 Å². The number of hydrogen-bond acceptors (Lipinski definition) is 1. The van der Waals surface area contributed by atoms with Gasteiger partial charge in [0.15, 0.2) is 0 Å². The van der Waals surface area contributed by atoms with Crippen LogP contribution in [0.2, 0.25) is 0 Å². The molecule has 77 valence electrons. The maximum atomic E-state index is 3.89. The van der Waals surface area contributed by atoms with Gasteiger partial charge >= 0.3 is 0 Å². The molecule has 1 aromatic carbocycles. The molecule has 0 amide bonds. The van der Waals surface area contributed by atoms with Gasteiger partial charge in [0.2, 0.25) is 0 Å². The smallest absolute Gasteiger partial charge is 0.0371 e. The Morgan fingerprint density at radius 1 is 0.929 bits per heavy atom. The normalized spacial score (nSPS) is 11.1. The van der Waals surface area contributed by atoms with Crippen LogP contribution in [0.1, 0.15) is 33.3 Å². The largest absolute Gasteiger partial charge is 0.367 e. The fraction of sp³-hybridized carbons (Fsp3) is 0.462. The number of hydrogen-bond donors (Lipinski definition) is 0. The molecular formula is C13H20N. The van der Waals surface area contributed by atoms with E-state index in [9.17, 15) is 0 Å². The van der Waals surface area contributed by atoms with E-state index in [-0.39, 0.29) is 0 Å². The molecule has 0 N–H and O–H groups in total. The molecule has 1 radical (unpaired) electrons. The van der Waals surface area contributed by atoms with Crippen LogP contribution in [0.15, 0.2) is 24.3 Å². The second kappa shape index (κ2) is 4.50. The molecule has 1 nitrogen and oxygen atoms in total. The highest BCUT2D eigenvalue weighted by molar-refractivity contribution is 5.49. The minimum Gasteiger partial charge on any atom is -0.367 e. The first-order chi connectivity index (χ1) is 6.52. The van der Waals surface area contributed by atoms with Crippen LogP contribution in [0.4, 0.5) is 5.69 Å². The summed E-state index contributed by atoms with van der Waals surface area (Å²) < 4.78 is 0. The second-order valence-corrected chi connectivity index (χ2v) is 4.26. The number of nitrogens with zero attached hydrogens (tertiary/aromatic N) is 1. The molecular weight excluding hydrogens is 170 g/mol. The molecule has 0 aliphatic rings. The summed E-state index contributed by atoms with van der Waals surface area (Å²) in [6.45, 7) is 12.8. The minimum absolute atomic E-state index is 0.533. The van der Waals surface area contributed by atoms with Crippen molar-refractivity contribution in [3.8, 4) is 0 Å². The average molecular weight is 190 g/mol. The molecule has 1 heteroatoms. The summed E-state index contributed by atoms with van der Waals surface area (Å²) >= 11 is 0. The molecule has 0 heterocycles. The third-order valence-electron chi connectivity index (χ3n) is 2.35. The van der Waals surface area contributed by atoms with Crippen LogP contribution < -0.4 is 4.90 Å². The Morgan fingerprint density at radius 3 is 1.71 bits per heavy atom. The van der Waals surface area contributed by atoms with Crippen molar-refractivity contribution in [2.45, 2.75) is 39.8 Å². The summed E-state index contributed by atoms with van der Waals surface area (Å²) in [4.78, 5) is 2.40. The third-order valence-corrected chi connectivity index (χ3v) is 2.35. The van der Waals surface area contributed by atoms with Gasteiger partial charge in [-0.2, -0.15) is 0 Å². The molecule has 0 bridgehead atoms. The first kappa shape index (κ1) is 11.1. The van der Waals surface area contributed by atoms with E-state index < -0.39 is 0 Å². The number of benzene rings is 1. The van der Waals surface area contributed by atoms with Gasteiger partial charge in [-0.25, -0.2) is 0 Å². The van der Waals surface area contributed by atoms with Gasteiger partial charge in [0.25, 0.3) is 0 Å². The molecule has 0 aliphatic carbocycles.